The molecule has 0 unspecified atom stereocenters. The Bertz CT molecular complexity index is 1030. The van der Waals surface area contributed by atoms with Crippen molar-refractivity contribution in [2.45, 2.75) is 17.8 Å². The van der Waals surface area contributed by atoms with Gasteiger partial charge in [0.05, 0.1) is 17.5 Å². The van der Waals surface area contributed by atoms with E-state index in [9.17, 15) is 17.6 Å². The molecule has 0 aliphatic carbocycles. The van der Waals surface area contributed by atoms with Gasteiger partial charge in [0.2, 0.25) is 0 Å². The van der Waals surface area contributed by atoms with E-state index in [0.717, 1.165) is 5.56 Å². The van der Waals surface area contributed by atoms with Crippen LogP contribution in [-0.2, 0) is 21.2 Å². The van der Waals surface area contributed by atoms with E-state index in [1.165, 1.54) is 23.9 Å². The van der Waals surface area contributed by atoms with Gasteiger partial charge in [-0.1, -0.05) is 42.1 Å². The number of halogens is 1. The summed E-state index contributed by atoms with van der Waals surface area (Å²) in [4.78, 5) is 18.4. The van der Waals surface area contributed by atoms with Crippen LogP contribution in [0.2, 0.25) is 0 Å². The van der Waals surface area contributed by atoms with Gasteiger partial charge in [-0.2, -0.15) is 4.99 Å². The average molecular weight is 435 g/mol. The summed E-state index contributed by atoms with van der Waals surface area (Å²) in [5.74, 6) is -0.113. The van der Waals surface area contributed by atoms with Crippen LogP contribution in [0.4, 0.5) is 4.39 Å². The van der Waals surface area contributed by atoms with E-state index in [1.54, 1.807) is 24.3 Å². The van der Waals surface area contributed by atoms with Crippen LogP contribution in [0.25, 0.3) is 0 Å². The second-order valence-corrected chi connectivity index (χ2v) is 10.3. The molecular formula is C20H19FN2O4S2. The number of nitrogens with zero attached hydrogens (tertiary/aromatic N) is 2. The van der Waals surface area contributed by atoms with Crippen LogP contribution >= 0.6 is 11.8 Å². The summed E-state index contributed by atoms with van der Waals surface area (Å²) >= 11 is 1.31. The van der Waals surface area contributed by atoms with Crippen molar-refractivity contribution >= 4 is 32.7 Å². The number of thioether (sulfide) groups is 1. The number of carbonyl (C=O) groups is 1. The predicted molar refractivity (Wildman–Crippen MR) is 110 cm³/mol. The van der Waals surface area contributed by atoms with Crippen LogP contribution in [0.3, 0.4) is 0 Å². The fourth-order valence-corrected chi connectivity index (χ4v) is 7.38. The molecule has 0 aromatic heterocycles. The van der Waals surface area contributed by atoms with E-state index in [1.807, 2.05) is 23.1 Å². The lowest BCUT2D eigenvalue weighted by Gasteiger charge is -2.24. The Morgan fingerprint density at radius 1 is 1.14 bits per heavy atom. The molecule has 2 atom stereocenters. The summed E-state index contributed by atoms with van der Waals surface area (Å²) in [7, 11) is -3.12. The van der Waals surface area contributed by atoms with Crippen LogP contribution < -0.4 is 4.74 Å². The number of carbonyl (C=O) groups excluding carboxylic acids is 1. The molecule has 4 rings (SSSR count). The number of benzene rings is 2. The summed E-state index contributed by atoms with van der Waals surface area (Å²) in [6.45, 7) is 0.154. The van der Waals surface area contributed by atoms with Crippen molar-refractivity contribution < 1.29 is 22.3 Å². The van der Waals surface area contributed by atoms with Gasteiger partial charge in [0.1, 0.15) is 11.6 Å². The summed E-state index contributed by atoms with van der Waals surface area (Å²) in [5, 5.41) is 0.322. The number of amidine groups is 1. The van der Waals surface area contributed by atoms with Crippen molar-refractivity contribution in [3.8, 4) is 5.75 Å². The van der Waals surface area contributed by atoms with Crippen molar-refractivity contribution in [2.75, 3.05) is 18.1 Å². The molecule has 6 nitrogen and oxygen atoms in total. The highest BCUT2D eigenvalue weighted by molar-refractivity contribution is 8.15. The zero-order valence-electron chi connectivity index (χ0n) is 15.4. The minimum atomic E-state index is -3.12. The average Bonchev–Trinajstić information content (AvgIpc) is 3.15. The van der Waals surface area contributed by atoms with Gasteiger partial charge < -0.3 is 9.64 Å². The normalized spacial score (nSPS) is 23.9. The zero-order chi connectivity index (χ0) is 20.4. The van der Waals surface area contributed by atoms with E-state index in [0.29, 0.717) is 17.5 Å². The third kappa shape index (κ3) is 4.79. The van der Waals surface area contributed by atoms with Crippen LogP contribution in [0.1, 0.15) is 5.56 Å². The zero-order valence-corrected chi connectivity index (χ0v) is 17.0. The Balaban J connectivity index is 1.51. The second-order valence-electron chi connectivity index (χ2n) is 6.94. The van der Waals surface area contributed by atoms with Crippen molar-refractivity contribution in [2.24, 2.45) is 4.99 Å². The summed E-state index contributed by atoms with van der Waals surface area (Å²) in [6.07, 6.45) is 0. The molecule has 0 bridgehead atoms. The molecule has 2 aromatic rings. The molecule has 0 spiro atoms. The molecule has 2 aromatic carbocycles. The molecule has 9 heteroatoms. The fourth-order valence-electron chi connectivity index (χ4n) is 3.41. The van der Waals surface area contributed by atoms with E-state index in [-0.39, 0.29) is 35.2 Å². The lowest BCUT2D eigenvalue weighted by molar-refractivity contribution is -0.119. The quantitative estimate of drug-likeness (QED) is 0.720. The Morgan fingerprint density at radius 3 is 2.59 bits per heavy atom. The van der Waals surface area contributed by atoms with Gasteiger partial charge in [0.15, 0.2) is 21.6 Å². The highest BCUT2D eigenvalue weighted by Crippen LogP contribution is 2.39. The molecule has 0 saturated carbocycles. The van der Waals surface area contributed by atoms with Crippen molar-refractivity contribution in [1.29, 1.82) is 0 Å². The Morgan fingerprint density at radius 2 is 1.86 bits per heavy atom. The molecule has 0 N–H and O–H groups in total. The Labute approximate surface area is 172 Å². The maximum absolute atomic E-state index is 13.2. The van der Waals surface area contributed by atoms with E-state index in [2.05, 4.69) is 4.99 Å². The van der Waals surface area contributed by atoms with E-state index in [4.69, 9.17) is 4.74 Å². The first-order valence-corrected chi connectivity index (χ1v) is 11.8. The number of sulfone groups is 1. The Kier molecular flexibility index (Phi) is 5.60. The van der Waals surface area contributed by atoms with E-state index < -0.39 is 15.7 Å². The van der Waals surface area contributed by atoms with Gasteiger partial charge >= 0.3 is 0 Å². The van der Waals surface area contributed by atoms with Gasteiger partial charge in [-0.3, -0.25) is 4.79 Å². The third-order valence-electron chi connectivity index (χ3n) is 4.77. The van der Waals surface area contributed by atoms with Crippen molar-refractivity contribution in [1.82, 2.24) is 4.90 Å². The van der Waals surface area contributed by atoms with E-state index >= 15 is 0 Å². The minimum Gasteiger partial charge on any atom is -0.484 e. The standard InChI is InChI=1S/C20H19FN2O4S2/c21-15-8-6-14(7-9-15)10-23-17-12-29(25,26)13-18(17)28-20(23)22-19(24)11-27-16-4-2-1-3-5-16/h1-9,17-18H,10-13H2/t17-,18-/m1/s1. The molecule has 2 heterocycles. The number of rotatable bonds is 5. The number of para-hydroxylation sites is 1. The lowest BCUT2D eigenvalue weighted by atomic mass is 10.1. The molecule has 2 aliphatic rings. The van der Waals surface area contributed by atoms with Crippen LogP contribution in [0, 0.1) is 5.82 Å². The summed E-state index contributed by atoms with van der Waals surface area (Å²) in [5.41, 5.74) is 0.817. The SMILES string of the molecule is O=C(COc1ccccc1)N=C1S[C@@H]2CS(=O)(=O)C[C@H]2N1Cc1ccc(F)cc1. The highest BCUT2D eigenvalue weighted by Gasteiger charge is 2.48. The largest absolute Gasteiger partial charge is 0.484 e. The molecule has 2 aliphatic heterocycles. The number of hydrogen-bond donors (Lipinski definition) is 0. The first-order chi connectivity index (χ1) is 13.9. The topological polar surface area (TPSA) is 76.0 Å². The second kappa shape index (κ2) is 8.16. The van der Waals surface area contributed by atoms with Gasteiger partial charge in [-0.25, -0.2) is 12.8 Å². The lowest BCUT2D eigenvalue weighted by Crippen LogP contribution is -2.37. The number of aliphatic imine (C=N–C) groups is 1. The first kappa shape index (κ1) is 19.9. The monoisotopic (exact) mass is 434 g/mol. The van der Waals surface area contributed by atoms with Gasteiger partial charge in [-0.05, 0) is 29.8 Å². The molecule has 152 valence electrons. The van der Waals surface area contributed by atoms with Crippen LogP contribution in [-0.4, -0.2) is 53.8 Å². The maximum atomic E-state index is 13.2. The number of hydrogen-bond acceptors (Lipinski definition) is 5. The number of fused-ring (bicyclic) bond motifs is 1. The maximum Gasteiger partial charge on any atom is 0.285 e. The third-order valence-corrected chi connectivity index (χ3v) is 8.01. The summed E-state index contributed by atoms with van der Waals surface area (Å²) < 4.78 is 42.8. The summed E-state index contributed by atoms with van der Waals surface area (Å²) in [6, 6.07) is 14.7. The number of amides is 1. The number of ether oxygens (including phenoxy) is 1. The molecule has 0 radical (unpaired) electrons. The van der Waals surface area contributed by atoms with Gasteiger partial charge in [0, 0.05) is 11.8 Å². The fraction of sp³-hybridized carbons (Fsp3) is 0.300. The van der Waals surface area contributed by atoms with Crippen molar-refractivity contribution in [3.05, 3.63) is 66.0 Å². The first-order valence-electron chi connectivity index (χ1n) is 9.07. The highest BCUT2D eigenvalue weighted by atomic mass is 32.2. The molecule has 2 saturated heterocycles. The minimum absolute atomic E-state index is 0.0274. The molecule has 1 amide bonds. The van der Waals surface area contributed by atoms with Crippen molar-refractivity contribution in [3.63, 3.8) is 0 Å². The predicted octanol–water partition coefficient (Wildman–Crippen LogP) is 2.50. The van der Waals surface area contributed by atoms with Gasteiger partial charge in [0.25, 0.3) is 5.91 Å². The van der Waals surface area contributed by atoms with Crippen LogP contribution in [0.15, 0.2) is 59.6 Å². The van der Waals surface area contributed by atoms with Gasteiger partial charge in [-0.15, -0.1) is 0 Å². The molecule has 29 heavy (non-hydrogen) atoms. The molecule has 2 fully saturated rings. The smallest absolute Gasteiger partial charge is 0.285 e. The Hall–Kier alpha value is -2.39. The molecular weight excluding hydrogens is 415 g/mol. The van der Waals surface area contributed by atoms with Crippen LogP contribution in [0.5, 0.6) is 5.75 Å².